The molecule has 32 heavy (non-hydrogen) atoms. The minimum Gasteiger partial charge on any atom is -0.457 e. The van der Waals surface area contributed by atoms with Crippen LogP contribution in [0, 0.1) is 10.8 Å². The molecule has 5 rings (SSSR count). The summed E-state index contributed by atoms with van der Waals surface area (Å²) in [6.45, 7) is 8.15. The van der Waals surface area contributed by atoms with Crippen molar-refractivity contribution in [3.8, 4) is 11.5 Å². The molecule has 2 fully saturated rings. The van der Waals surface area contributed by atoms with Crippen molar-refractivity contribution < 1.29 is 4.74 Å². The largest absolute Gasteiger partial charge is 0.457 e. The van der Waals surface area contributed by atoms with Crippen LogP contribution in [-0.4, -0.2) is 22.6 Å². The molecule has 2 aromatic carbocycles. The van der Waals surface area contributed by atoms with Gasteiger partial charge in [0.05, 0.1) is 0 Å². The van der Waals surface area contributed by atoms with E-state index < -0.39 is 0 Å². The SMILES string of the molecule is CC1(C)CC2CC(C)(CN2c2ncnc(Nc3ccc(Oc4ccccc4)cc3)c2N)C1. The van der Waals surface area contributed by atoms with E-state index in [9.17, 15) is 0 Å². The summed E-state index contributed by atoms with van der Waals surface area (Å²) in [4.78, 5) is 11.4. The summed E-state index contributed by atoms with van der Waals surface area (Å²) in [6, 6.07) is 18.0. The quantitative estimate of drug-likeness (QED) is 0.518. The molecule has 1 aromatic heterocycles. The number of rotatable bonds is 5. The number of fused-ring (bicyclic) bond motifs is 2. The molecule has 6 heteroatoms. The molecule has 6 nitrogen and oxygen atoms in total. The molecule has 0 radical (unpaired) electrons. The molecule has 166 valence electrons. The molecule has 2 unspecified atom stereocenters. The molecule has 2 aliphatic rings. The molecule has 1 aliphatic heterocycles. The number of anilines is 4. The predicted molar refractivity (Wildman–Crippen MR) is 130 cm³/mol. The summed E-state index contributed by atoms with van der Waals surface area (Å²) in [7, 11) is 0. The standard InChI is InChI=1S/C26H31N5O/c1-25(2)13-19-14-26(3,15-25)16-31(19)24-22(27)23(28-17-29-24)30-18-9-11-21(12-10-18)32-20-7-5-4-6-8-20/h4-12,17,19H,13-16,27H2,1-3H3,(H,28,29,30). The lowest BCUT2D eigenvalue weighted by molar-refractivity contribution is 0.136. The van der Waals surface area contributed by atoms with Crippen molar-refractivity contribution in [2.45, 2.75) is 46.1 Å². The maximum absolute atomic E-state index is 6.58. The molecule has 0 spiro atoms. The highest BCUT2D eigenvalue weighted by atomic mass is 16.5. The number of hydrogen-bond donors (Lipinski definition) is 2. The fourth-order valence-corrected chi connectivity index (χ4v) is 5.79. The molecule has 2 heterocycles. The Labute approximate surface area is 189 Å². The minimum atomic E-state index is 0.311. The Balaban J connectivity index is 1.33. The summed E-state index contributed by atoms with van der Waals surface area (Å²) < 4.78 is 5.88. The Morgan fingerprint density at radius 3 is 2.44 bits per heavy atom. The smallest absolute Gasteiger partial charge is 0.159 e. The van der Waals surface area contributed by atoms with E-state index in [1.165, 1.54) is 12.8 Å². The Hall–Kier alpha value is -3.28. The van der Waals surface area contributed by atoms with Gasteiger partial charge in [-0.3, -0.25) is 0 Å². The zero-order chi connectivity index (χ0) is 22.3. The highest BCUT2D eigenvalue weighted by Gasteiger charge is 2.50. The zero-order valence-corrected chi connectivity index (χ0v) is 19.0. The molecule has 1 aliphatic carbocycles. The number of benzene rings is 2. The Bertz CT molecular complexity index is 1100. The monoisotopic (exact) mass is 429 g/mol. The van der Waals surface area contributed by atoms with Crippen molar-refractivity contribution in [3.63, 3.8) is 0 Å². The Kier molecular flexibility index (Phi) is 4.96. The molecule has 2 atom stereocenters. The van der Waals surface area contributed by atoms with Crippen molar-refractivity contribution in [1.82, 2.24) is 9.97 Å². The van der Waals surface area contributed by atoms with Gasteiger partial charge in [-0.1, -0.05) is 39.0 Å². The first-order chi connectivity index (χ1) is 15.3. The molecule has 3 aromatic rings. The molecule has 1 saturated heterocycles. The van der Waals surface area contributed by atoms with Crippen LogP contribution in [0.1, 0.15) is 40.0 Å². The van der Waals surface area contributed by atoms with Gasteiger partial charge < -0.3 is 20.7 Å². The fourth-order valence-electron chi connectivity index (χ4n) is 5.79. The van der Waals surface area contributed by atoms with Crippen molar-refractivity contribution in [2.24, 2.45) is 10.8 Å². The number of nitrogens with zero attached hydrogens (tertiary/aromatic N) is 3. The molecule has 2 bridgehead atoms. The first-order valence-electron chi connectivity index (χ1n) is 11.3. The first kappa shape index (κ1) is 20.6. The fraction of sp³-hybridized carbons (Fsp3) is 0.385. The highest BCUT2D eigenvalue weighted by Crippen LogP contribution is 2.54. The van der Waals surface area contributed by atoms with Gasteiger partial charge in [0.25, 0.3) is 0 Å². The van der Waals surface area contributed by atoms with Crippen molar-refractivity contribution in [1.29, 1.82) is 0 Å². The zero-order valence-electron chi connectivity index (χ0n) is 19.0. The van der Waals surface area contributed by atoms with Crippen LogP contribution >= 0.6 is 0 Å². The third-order valence-corrected chi connectivity index (χ3v) is 6.65. The van der Waals surface area contributed by atoms with Gasteiger partial charge in [0.15, 0.2) is 11.6 Å². The second-order valence-electron chi connectivity index (χ2n) is 10.4. The van der Waals surface area contributed by atoms with Crippen LogP contribution in [0.15, 0.2) is 60.9 Å². The van der Waals surface area contributed by atoms with Crippen LogP contribution in [0.5, 0.6) is 11.5 Å². The van der Waals surface area contributed by atoms with Gasteiger partial charge in [-0.05, 0) is 66.5 Å². The first-order valence-corrected chi connectivity index (χ1v) is 11.3. The highest BCUT2D eigenvalue weighted by molar-refractivity contribution is 5.78. The van der Waals surface area contributed by atoms with Gasteiger partial charge in [-0.25, -0.2) is 9.97 Å². The summed E-state index contributed by atoms with van der Waals surface area (Å²) in [5.74, 6) is 3.07. The van der Waals surface area contributed by atoms with Gasteiger partial charge in [0.1, 0.15) is 23.5 Å². The van der Waals surface area contributed by atoms with Gasteiger partial charge in [-0.2, -0.15) is 0 Å². The number of aromatic nitrogens is 2. The number of nitrogens with two attached hydrogens (primary N) is 1. The predicted octanol–water partition coefficient (Wildman–Crippen LogP) is 6.00. The Morgan fingerprint density at radius 2 is 1.69 bits per heavy atom. The van der Waals surface area contributed by atoms with E-state index in [1.807, 2.05) is 54.6 Å². The van der Waals surface area contributed by atoms with E-state index >= 15 is 0 Å². The molecular formula is C26H31N5O. The number of nitrogen functional groups attached to an aromatic ring is 1. The van der Waals surface area contributed by atoms with Crippen LogP contribution in [0.2, 0.25) is 0 Å². The number of ether oxygens (including phenoxy) is 1. The normalized spacial score (nSPS) is 23.7. The van der Waals surface area contributed by atoms with Gasteiger partial charge in [0, 0.05) is 18.3 Å². The lowest BCUT2D eigenvalue weighted by Crippen LogP contribution is -2.35. The number of nitrogens with one attached hydrogen (secondary N) is 1. The maximum Gasteiger partial charge on any atom is 0.159 e. The van der Waals surface area contributed by atoms with Crippen molar-refractivity contribution in [2.75, 3.05) is 22.5 Å². The van der Waals surface area contributed by atoms with Crippen LogP contribution in [-0.2, 0) is 0 Å². The maximum atomic E-state index is 6.58. The summed E-state index contributed by atoms with van der Waals surface area (Å²) in [6.07, 6.45) is 5.21. The van der Waals surface area contributed by atoms with E-state index in [1.54, 1.807) is 6.33 Å². The molecule has 3 N–H and O–H groups in total. The van der Waals surface area contributed by atoms with E-state index in [0.29, 0.717) is 28.4 Å². The molecular weight excluding hydrogens is 398 g/mol. The van der Waals surface area contributed by atoms with Crippen LogP contribution in [0.3, 0.4) is 0 Å². The van der Waals surface area contributed by atoms with Crippen LogP contribution in [0.4, 0.5) is 23.0 Å². The van der Waals surface area contributed by atoms with E-state index in [0.717, 1.165) is 36.0 Å². The van der Waals surface area contributed by atoms with Gasteiger partial charge in [0.2, 0.25) is 0 Å². The van der Waals surface area contributed by atoms with Crippen molar-refractivity contribution in [3.05, 3.63) is 60.9 Å². The third-order valence-electron chi connectivity index (χ3n) is 6.65. The molecule has 1 saturated carbocycles. The average molecular weight is 430 g/mol. The topological polar surface area (TPSA) is 76.3 Å². The second kappa shape index (κ2) is 7.69. The average Bonchev–Trinajstić information content (AvgIpc) is 3.00. The summed E-state index contributed by atoms with van der Waals surface area (Å²) in [5, 5.41) is 3.35. The Morgan fingerprint density at radius 1 is 0.969 bits per heavy atom. The second-order valence-corrected chi connectivity index (χ2v) is 10.4. The lowest BCUT2D eigenvalue weighted by atomic mass is 9.65. The van der Waals surface area contributed by atoms with Gasteiger partial charge in [-0.15, -0.1) is 0 Å². The van der Waals surface area contributed by atoms with Crippen LogP contribution in [0.25, 0.3) is 0 Å². The van der Waals surface area contributed by atoms with Gasteiger partial charge >= 0.3 is 0 Å². The lowest BCUT2D eigenvalue weighted by Gasteiger charge is -2.39. The molecule has 0 amide bonds. The third kappa shape index (κ3) is 4.09. The summed E-state index contributed by atoms with van der Waals surface area (Å²) in [5.41, 5.74) is 8.74. The number of hydrogen-bond acceptors (Lipinski definition) is 6. The summed E-state index contributed by atoms with van der Waals surface area (Å²) >= 11 is 0. The van der Waals surface area contributed by atoms with Crippen molar-refractivity contribution >= 4 is 23.0 Å². The number of para-hydroxylation sites is 1. The van der Waals surface area contributed by atoms with E-state index in [2.05, 4.69) is 41.0 Å². The van der Waals surface area contributed by atoms with E-state index in [4.69, 9.17) is 10.5 Å². The minimum absolute atomic E-state index is 0.311. The van der Waals surface area contributed by atoms with E-state index in [-0.39, 0.29) is 0 Å². The van der Waals surface area contributed by atoms with Crippen LogP contribution < -0.4 is 20.7 Å².